The second kappa shape index (κ2) is 6.47. The smallest absolute Gasteiger partial charge is 0.304 e. The molecule has 0 fully saturated rings. The molecule has 0 bridgehead atoms. The third-order valence-corrected chi connectivity index (χ3v) is 3.60. The Kier molecular flexibility index (Phi) is 4.23. The standard InChI is InChI=1S/C14H14N4O2S/c19-14-16-11(9-21-14)7-15-8-13-17-12(18-20-13)6-10-4-2-1-3-5-10/h1-5,9,15H,6-8H2,(H,16,19). The summed E-state index contributed by atoms with van der Waals surface area (Å²) in [5, 5.41) is 8.90. The van der Waals surface area contributed by atoms with E-state index in [0.717, 1.165) is 22.6 Å². The lowest BCUT2D eigenvalue weighted by molar-refractivity contribution is 0.363. The first-order valence-corrected chi connectivity index (χ1v) is 7.40. The SMILES string of the molecule is O=c1[nH]c(CNCc2nc(Cc3ccccc3)no2)cs1. The van der Waals surface area contributed by atoms with Crippen LogP contribution in [0.1, 0.15) is 23.0 Å². The van der Waals surface area contributed by atoms with Crippen molar-refractivity contribution in [2.45, 2.75) is 19.5 Å². The van der Waals surface area contributed by atoms with Crippen molar-refractivity contribution in [1.29, 1.82) is 0 Å². The fourth-order valence-electron chi connectivity index (χ4n) is 1.92. The van der Waals surface area contributed by atoms with E-state index in [4.69, 9.17) is 4.52 Å². The normalized spacial score (nSPS) is 10.9. The average molecular weight is 302 g/mol. The van der Waals surface area contributed by atoms with Crippen molar-refractivity contribution >= 4 is 11.3 Å². The van der Waals surface area contributed by atoms with Gasteiger partial charge in [-0.15, -0.1) is 0 Å². The maximum absolute atomic E-state index is 11.0. The molecule has 0 aliphatic carbocycles. The van der Waals surface area contributed by atoms with Crippen LogP contribution in [0, 0.1) is 0 Å². The molecule has 0 amide bonds. The predicted octanol–water partition coefficient (Wildman–Crippen LogP) is 1.70. The highest BCUT2D eigenvalue weighted by atomic mass is 32.1. The fraction of sp³-hybridized carbons (Fsp3) is 0.214. The molecule has 108 valence electrons. The van der Waals surface area contributed by atoms with Crippen LogP contribution in [0.5, 0.6) is 0 Å². The zero-order valence-electron chi connectivity index (χ0n) is 11.2. The van der Waals surface area contributed by atoms with Crippen LogP contribution < -0.4 is 10.2 Å². The highest BCUT2D eigenvalue weighted by molar-refractivity contribution is 7.07. The molecule has 21 heavy (non-hydrogen) atoms. The fourth-order valence-corrected chi connectivity index (χ4v) is 2.50. The molecule has 0 saturated carbocycles. The first kappa shape index (κ1) is 13.7. The topological polar surface area (TPSA) is 83.8 Å². The number of nitrogens with one attached hydrogen (secondary N) is 2. The Morgan fingerprint density at radius 1 is 1.24 bits per heavy atom. The van der Waals surface area contributed by atoms with E-state index >= 15 is 0 Å². The second-order valence-corrected chi connectivity index (χ2v) is 5.39. The van der Waals surface area contributed by atoms with Crippen molar-refractivity contribution in [3.8, 4) is 0 Å². The van der Waals surface area contributed by atoms with Gasteiger partial charge in [0.15, 0.2) is 5.82 Å². The maximum atomic E-state index is 11.0. The summed E-state index contributed by atoms with van der Waals surface area (Å²) >= 11 is 1.15. The van der Waals surface area contributed by atoms with Crippen molar-refractivity contribution in [3.63, 3.8) is 0 Å². The first-order chi connectivity index (χ1) is 10.3. The van der Waals surface area contributed by atoms with Gasteiger partial charge >= 0.3 is 4.87 Å². The van der Waals surface area contributed by atoms with E-state index in [9.17, 15) is 4.79 Å². The quantitative estimate of drug-likeness (QED) is 0.724. The minimum Gasteiger partial charge on any atom is -0.338 e. The highest BCUT2D eigenvalue weighted by Gasteiger charge is 2.07. The molecule has 2 aromatic heterocycles. The molecule has 0 atom stereocenters. The number of aromatic nitrogens is 3. The van der Waals surface area contributed by atoms with Crippen molar-refractivity contribution in [1.82, 2.24) is 20.4 Å². The average Bonchev–Trinajstić information content (AvgIpc) is 3.10. The lowest BCUT2D eigenvalue weighted by atomic mass is 10.1. The number of benzene rings is 1. The third kappa shape index (κ3) is 3.87. The van der Waals surface area contributed by atoms with Crippen molar-refractivity contribution < 1.29 is 4.52 Å². The number of rotatable bonds is 6. The van der Waals surface area contributed by atoms with E-state index in [1.165, 1.54) is 0 Å². The van der Waals surface area contributed by atoms with Gasteiger partial charge in [-0.2, -0.15) is 4.98 Å². The molecule has 2 heterocycles. The molecule has 3 aromatic rings. The van der Waals surface area contributed by atoms with E-state index in [0.29, 0.717) is 31.2 Å². The molecule has 0 aliphatic rings. The molecule has 2 N–H and O–H groups in total. The number of hydrogen-bond donors (Lipinski definition) is 2. The Balaban J connectivity index is 1.52. The molecule has 0 saturated heterocycles. The van der Waals surface area contributed by atoms with E-state index in [1.807, 2.05) is 30.3 Å². The van der Waals surface area contributed by atoms with E-state index < -0.39 is 0 Å². The zero-order chi connectivity index (χ0) is 14.5. The number of nitrogens with zero attached hydrogens (tertiary/aromatic N) is 2. The van der Waals surface area contributed by atoms with Gasteiger partial charge in [-0.1, -0.05) is 46.8 Å². The Bertz CT molecular complexity index is 747. The van der Waals surface area contributed by atoms with Crippen molar-refractivity contribution in [3.05, 3.63) is 68.4 Å². The van der Waals surface area contributed by atoms with E-state index in [1.54, 1.807) is 5.38 Å². The third-order valence-electron chi connectivity index (χ3n) is 2.88. The minimum absolute atomic E-state index is 0.0465. The van der Waals surface area contributed by atoms with E-state index in [2.05, 4.69) is 20.4 Å². The Hall–Kier alpha value is -2.25. The second-order valence-electron chi connectivity index (χ2n) is 4.54. The van der Waals surface area contributed by atoms with Crippen molar-refractivity contribution in [2.24, 2.45) is 0 Å². The number of H-pyrrole nitrogens is 1. The molecular formula is C14H14N4O2S. The molecule has 0 unspecified atom stereocenters. The molecule has 3 rings (SSSR count). The van der Waals surface area contributed by atoms with Crippen molar-refractivity contribution in [2.75, 3.05) is 0 Å². The molecule has 6 nitrogen and oxygen atoms in total. The minimum atomic E-state index is -0.0465. The van der Waals surface area contributed by atoms with Crippen LogP contribution in [-0.2, 0) is 19.5 Å². The molecule has 7 heteroatoms. The van der Waals surface area contributed by atoms with Gasteiger partial charge in [0.25, 0.3) is 0 Å². The van der Waals surface area contributed by atoms with Crippen LogP contribution in [0.25, 0.3) is 0 Å². The summed E-state index contributed by atoms with van der Waals surface area (Å²) in [4.78, 5) is 18.0. The Morgan fingerprint density at radius 3 is 2.86 bits per heavy atom. The summed E-state index contributed by atoms with van der Waals surface area (Å²) in [6.07, 6.45) is 0.655. The summed E-state index contributed by atoms with van der Waals surface area (Å²) < 4.78 is 5.19. The highest BCUT2D eigenvalue weighted by Crippen LogP contribution is 2.06. The summed E-state index contributed by atoms with van der Waals surface area (Å²) in [5.41, 5.74) is 2.00. The van der Waals surface area contributed by atoms with Gasteiger partial charge in [-0.25, -0.2) is 0 Å². The lowest BCUT2D eigenvalue weighted by Crippen LogP contribution is -2.14. The summed E-state index contributed by atoms with van der Waals surface area (Å²) in [6.45, 7) is 1.04. The Morgan fingerprint density at radius 2 is 2.10 bits per heavy atom. The maximum Gasteiger partial charge on any atom is 0.304 e. The molecule has 0 aliphatic heterocycles. The molecule has 1 aromatic carbocycles. The van der Waals surface area contributed by atoms with Crippen LogP contribution in [0.2, 0.25) is 0 Å². The molecule has 0 radical (unpaired) electrons. The molecule has 0 spiro atoms. The Labute approximate surface area is 124 Å². The summed E-state index contributed by atoms with van der Waals surface area (Å²) in [6, 6.07) is 10.0. The van der Waals surface area contributed by atoms with Gasteiger partial charge in [0.2, 0.25) is 5.89 Å². The molecular weight excluding hydrogens is 288 g/mol. The van der Waals surface area contributed by atoms with E-state index in [-0.39, 0.29) is 4.87 Å². The van der Waals surface area contributed by atoms with Crippen LogP contribution in [0.3, 0.4) is 0 Å². The van der Waals surface area contributed by atoms with Crippen LogP contribution >= 0.6 is 11.3 Å². The van der Waals surface area contributed by atoms with Gasteiger partial charge in [0, 0.05) is 24.0 Å². The summed E-state index contributed by atoms with van der Waals surface area (Å²) in [5.74, 6) is 1.21. The first-order valence-electron chi connectivity index (χ1n) is 6.52. The zero-order valence-corrected chi connectivity index (χ0v) is 12.0. The van der Waals surface area contributed by atoms with Gasteiger partial charge in [-0.05, 0) is 5.56 Å². The number of thiazole rings is 1. The number of hydrogen-bond acceptors (Lipinski definition) is 6. The predicted molar refractivity (Wildman–Crippen MR) is 79.0 cm³/mol. The number of aromatic amines is 1. The van der Waals surface area contributed by atoms with Gasteiger partial charge in [0.05, 0.1) is 6.54 Å². The lowest BCUT2D eigenvalue weighted by Gasteiger charge is -1.97. The van der Waals surface area contributed by atoms with Gasteiger partial charge in [0.1, 0.15) is 0 Å². The summed E-state index contributed by atoms with van der Waals surface area (Å²) in [7, 11) is 0. The largest absolute Gasteiger partial charge is 0.338 e. The monoisotopic (exact) mass is 302 g/mol. The van der Waals surface area contributed by atoms with Gasteiger partial charge in [-0.3, -0.25) is 4.79 Å². The van der Waals surface area contributed by atoms with Crippen LogP contribution in [-0.4, -0.2) is 15.1 Å². The van der Waals surface area contributed by atoms with Gasteiger partial charge < -0.3 is 14.8 Å². The van der Waals surface area contributed by atoms with Crippen LogP contribution in [0.4, 0.5) is 0 Å². The van der Waals surface area contributed by atoms with Crippen LogP contribution in [0.15, 0.2) is 45.0 Å².